The molecule has 0 aliphatic heterocycles. The van der Waals surface area contributed by atoms with Crippen molar-refractivity contribution >= 4 is 0 Å². The Bertz CT molecular complexity index is 492. The second-order valence-corrected chi connectivity index (χ2v) is 4.08. The highest BCUT2D eigenvalue weighted by Gasteiger charge is 2.05. The number of hydrogen-bond acceptors (Lipinski definition) is 2. The Morgan fingerprint density at radius 3 is 2.62 bits per heavy atom. The van der Waals surface area contributed by atoms with Gasteiger partial charge in [0.15, 0.2) is 0 Å². The topological polar surface area (TPSA) is 44.8 Å². The maximum absolute atomic E-state index is 11.9. The smallest absolute Gasteiger partial charge is 0.328 e. The zero-order valence-electron chi connectivity index (χ0n) is 9.58. The van der Waals surface area contributed by atoms with Crippen molar-refractivity contribution in [2.75, 3.05) is 0 Å². The van der Waals surface area contributed by atoms with E-state index >= 15 is 0 Å². The molecule has 5 heteroatoms. The average molecular weight is 220 g/mol. The van der Waals surface area contributed by atoms with E-state index in [1.54, 1.807) is 21.7 Å². The molecule has 0 unspecified atom stereocenters. The van der Waals surface area contributed by atoms with Crippen LogP contribution in [-0.4, -0.2) is 18.7 Å². The van der Waals surface area contributed by atoms with Crippen molar-refractivity contribution in [2.45, 2.75) is 33.0 Å². The molecule has 0 atom stereocenters. The summed E-state index contributed by atoms with van der Waals surface area (Å²) in [5, 5.41) is 0. The molecule has 2 aromatic heterocycles. The van der Waals surface area contributed by atoms with E-state index < -0.39 is 0 Å². The predicted molar refractivity (Wildman–Crippen MR) is 61.3 cm³/mol. The number of hydrogen-bond donors (Lipinski definition) is 0. The molecule has 0 spiro atoms. The van der Waals surface area contributed by atoms with Crippen molar-refractivity contribution in [3.63, 3.8) is 0 Å². The molecule has 0 aliphatic rings. The summed E-state index contributed by atoms with van der Waals surface area (Å²) in [6.07, 6.45) is 9.05. The lowest BCUT2D eigenvalue weighted by molar-refractivity contribution is 0.523. The van der Waals surface area contributed by atoms with Crippen LogP contribution in [0, 0.1) is 0 Å². The zero-order chi connectivity index (χ0) is 11.5. The molecule has 0 aliphatic carbocycles. The molecule has 5 nitrogen and oxygen atoms in total. The van der Waals surface area contributed by atoms with Gasteiger partial charge in [-0.25, -0.2) is 9.78 Å². The molecule has 16 heavy (non-hydrogen) atoms. The summed E-state index contributed by atoms with van der Waals surface area (Å²) >= 11 is 0. The largest absolute Gasteiger partial charge is 0.336 e. The minimum atomic E-state index is 0.0510. The van der Waals surface area contributed by atoms with Crippen LogP contribution in [0.5, 0.6) is 0 Å². The standard InChI is InChI=1S/C11H16N4O/c1-10(2)15-8-7-14(11(15)16)6-5-13-4-3-12-9-13/h3-4,7-10H,5-6H2,1-2H3. The Morgan fingerprint density at radius 1 is 1.25 bits per heavy atom. The highest BCUT2D eigenvalue weighted by atomic mass is 16.1. The molecule has 0 amide bonds. The number of aromatic nitrogens is 4. The molecule has 0 fully saturated rings. The summed E-state index contributed by atoms with van der Waals surface area (Å²) in [5.41, 5.74) is 0.0510. The molecule has 0 saturated heterocycles. The van der Waals surface area contributed by atoms with Gasteiger partial charge in [-0.2, -0.15) is 0 Å². The Hall–Kier alpha value is -1.78. The van der Waals surface area contributed by atoms with Gasteiger partial charge in [0.2, 0.25) is 0 Å². The van der Waals surface area contributed by atoms with Gasteiger partial charge in [-0.1, -0.05) is 0 Å². The first-order chi connectivity index (χ1) is 7.68. The van der Waals surface area contributed by atoms with Crippen LogP contribution < -0.4 is 5.69 Å². The van der Waals surface area contributed by atoms with Crippen molar-refractivity contribution in [3.8, 4) is 0 Å². The fraction of sp³-hybridized carbons (Fsp3) is 0.455. The molecule has 2 rings (SSSR count). The third kappa shape index (κ3) is 2.08. The van der Waals surface area contributed by atoms with E-state index in [0.717, 1.165) is 6.54 Å². The van der Waals surface area contributed by atoms with Crippen molar-refractivity contribution in [1.82, 2.24) is 18.7 Å². The van der Waals surface area contributed by atoms with Crippen molar-refractivity contribution in [1.29, 1.82) is 0 Å². The summed E-state index contributed by atoms with van der Waals surface area (Å²) < 4.78 is 5.41. The SMILES string of the molecule is CC(C)n1ccn(CCn2ccnc2)c1=O. The Kier molecular flexibility index (Phi) is 2.94. The first-order valence-corrected chi connectivity index (χ1v) is 5.41. The van der Waals surface area contributed by atoms with E-state index in [1.807, 2.05) is 37.0 Å². The van der Waals surface area contributed by atoms with Crippen LogP contribution >= 0.6 is 0 Å². The van der Waals surface area contributed by atoms with Gasteiger partial charge >= 0.3 is 5.69 Å². The Morgan fingerprint density at radius 2 is 2.06 bits per heavy atom. The van der Waals surface area contributed by atoms with E-state index in [1.165, 1.54) is 0 Å². The number of rotatable bonds is 4. The van der Waals surface area contributed by atoms with Gasteiger partial charge in [0, 0.05) is 43.9 Å². The molecule has 0 saturated carbocycles. The average Bonchev–Trinajstić information content (AvgIpc) is 2.84. The fourth-order valence-electron chi connectivity index (χ4n) is 1.63. The third-order valence-corrected chi connectivity index (χ3v) is 2.59. The van der Waals surface area contributed by atoms with Crippen LogP contribution in [0.4, 0.5) is 0 Å². The van der Waals surface area contributed by atoms with Crippen molar-refractivity contribution < 1.29 is 0 Å². The first kappa shape index (κ1) is 10.7. The molecule has 0 bridgehead atoms. The van der Waals surface area contributed by atoms with E-state index in [0.29, 0.717) is 6.54 Å². The molecule has 0 radical (unpaired) electrons. The number of nitrogens with zero attached hydrogens (tertiary/aromatic N) is 4. The fourth-order valence-corrected chi connectivity index (χ4v) is 1.63. The maximum Gasteiger partial charge on any atom is 0.328 e. The Labute approximate surface area is 94.0 Å². The molecule has 0 aromatic carbocycles. The normalized spacial score (nSPS) is 11.2. The van der Waals surface area contributed by atoms with Crippen LogP contribution in [0.2, 0.25) is 0 Å². The van der Waals surface area contributed by atoms with Gasteiger partial charge in [-0.15, -0.1) is 0 Å². The van der Waals surface area contributed by atoms with Gasteiger partial charge in [-0.05, 0) is 13.8 Å². The third-order valence-electron chi connectivity index (χ3n) is 2.59. The monoisotopic (exact) mass is 220 g/mol. The molecule has 2 aromatic rings. The van der Waals surface area contributed by atoms with E-state index in [9.17, 15) is 4.79 Å². The van der Waals surface area contributed by atoms with Gasteiger partial charge in [-0.3, -0.25) is 9.13 Å². The van der Waals surface area contributed by atoms with Crippen molar-refractivity contribution in [2.24, 2.45) is 0 Å². The van der Waals surface area contributed by atoms with Gasteiger partial charge < -0.3 is 4.57 Å². The second kappa shape index (κ2) is 4.38. The highest BCUT2D eigenvalue weighted by molar-refractivity contribution is 4.84. The van der Waals surface area contributed by atoms with Crippen LogP contribution in [0.1, 0.15) is 19.9 Å². The predicted octanol–water partition coefficient (Wildman–Crippen LogP) is 1.13. The number of imidazole rings is 2. The van der Waals surface area contributed by atoms with Crippen LogP contribution in [-0.2, 0) is 13.1 Å². The molecule has 86 valence electrons. The molecular formula is C11H16N4O. The molecular weight excluding hydrogens is 204 g/mol. The van der Waals surface area contributed by atoms with E-state index in [2.05, 4.69) is 4.98 Å². The molecule has 2 heterocycles. The van der Waals surface area contributed by atoms with Crippen molar-refractivity contribution in [3.05, 3.63) is 41.6 Å². The van der Waals surface area contributed by atoms with E-state index in [-0.39, 0.29) is 11.7 Å². The van der Waals surface area contributed by atoms with Crippen LogP contribution in [0.15, 0.2) is 35.9 Å². The summed E-state index contributed by atoms with van der Waals surface area (Å²) in [4.78, 5) is 15.8. The lowest BCUT2D eigenvalue weighted by Gasteiger charge is -2.05. The highest BCUT2D eigenvalue weighted by Crippen LogP contribution is 1.99. The van der Waals surface area contributed by atoms with Gasteiger partial charge in [0.05, 0.1) is 6.33 Å². The lowest BCUT2D eigenvalue weighted by atomic mass is 10.4. The van der Waals surface area contributed by atoms with Crippen LogP contribution in [0.25, 0.3) is 0 Å². The maximum atomic E-state index is 11.9. The summed E-state index contributed by atoms with van der Waals surface area (Å²) in [6.45, 7) is 5.44. The van der Waals surface area contributed by atoms with Crippen LogP contribution in [0.3, 0.4) is 0 Å². The minimum Gasteiger partial charge on any atom is -0.336 e. The van der Waals surface area contributed by atoms with Gasteiger partial charge in [0.1, 0.15) is 0 Å². The van der Waals surface area contributed by atoms with E-state index in [4.69, 9.17) is 0 Å². The summed E-state index contributed by atoms with van der Waals surface area (Å²) in [5.74, 6) is 0. The quantitative estimate of drug-likeness (QED) is 0.775. The zero-order valence-corrected chi connectivity index (χ0v) is 9.58. The Balaban J connectivity index is 2.08. The number of aryl methyl sites for hydroxylation is 2. The first-order valence-electron chi connectivity index (χ1n) is 5.41. The lowest BCUT2D eigenvalue weighted by Crippen LogP contribution is -2.26. The minimum absolute atomic E-state index is 0.0510. The van der Waals surface area contributed by atoms with Gasteiger partial charge in [0.25, 0.3) is 0 Å². The second-order valence-electron chi connectivity index (χ2n) is 4.08. The summed E-state index contributed by atoms with van der Waals surface area (Å²) in [6, 6.07) is 0.210. The summed E-state index contributed by atoms with van der Waals surface area (Å²) in [7, 11) is 0. The molecule has 0 N–H and O–H groups in total.